The maximum absolute atomic E-state index is 3.21. The van der Waals surface area contributed by atoms with E-state index >= 15 is 0 Å². The Morgan fingerprint density at radius 3 is 2.57 bits per heavy atom. The Labute approximate surface area is 43.4 Å². The Bertz CT molecular complexity index is 48.9. The van der Waals surface area contributed by atoms with E-state index in [1.165, 1.54) is 0 Å². The summed E-state index contributed by atoms with van der Waals surface area (Å²) in [6, 6.07) is 0. The third-order valence-electron chi connectivity index (χ3n) is 1.02. The van der Waals surface area contributed by atoms with Crippen LogP contribution in [0.25, 0.3) is 0 Å². The maximum atomic E-state index is 3.21. The Morgan fingerprint density at radius 2 is 2.29 bits per heavy atom. The van der Waals surface area contributed by atoms with E-state index in [1.54, 1.807) is 0 Å². The van der Waals surface area contributed by atoms with Crippen molar-refractivity contribution in [3.05, 3.63) is 0 Å². The van der Waals surface area contributed by atoms with Crippen LogP contribution in [0.4, 0.5) is 0 Å². The van der Waals surface area contributed by atoms with E-state index in [9.17, 15) is 0 Å². The summed E-state index contributed by atoms with van der Waals surface area (Å²) in [6.45, 7) is 4.16. The summed E-state index contributed by atoms with van der Waals surface area (Å²) in [6.07, 6.45) is 0.425. The summed E-state index contributed by atoms with van der Waals surface area (Å²) in [5.74, 6) is 0. The molecule has 1 aliphatic rings. The lowest BCUT2D eigenvalue weighted by Gasteiger charge is -2.21. The molecule has 0 saturated carbocycles. The molecule has 1 unspecified atom stereocenters. The first kappa shape index (κ1) is 5.03. The summed E-state index contributed by atoms with van der Waals surface area (Å²) in [4.78, 5) is 0. The normalized spacial score (nSPS) is 33.0. The van der Waals surface area contributed by atoms with E-state index in [2.05, 4.69) is 23.1 Å². The van der Waals surface area contributed by atoms with Gasteiger partial charge in [0.2, 0.25) is 0 Å². The van der Waals surface area contributed by atoms with Gasteiger partial charge in [0, 0.05) is 13.1 Å². The monoisotopic (exact) mass is 101 g/mol. The van der Waals surface area contributed by atoms with Gasteiger partial charge in [0.15, 0.2) is 0 Å². The molecule has 0 aromatic rings. The Hall–Kier alpha value is -0.120. The minimum atomic E-state index is 0.425. The molecule has 0 spiro atoms. The molecule has 0 aliphatic carbocycles. The van der Waals surface area contributed by atoms with E-state index in [0.29, 0.717) is 6.17 Å². The zero-order valence-electron chi connectivity index (χ0n) is 4.49. The van der Waals surface area contributed by atoms with Crippen molar-refractivity contribution in [2.75, 3.05) is 13.1 Å². The molecular formula is C4H11N3. The van der Waals surface area contributed by atoms with Gasteiger partial charge in [0.25, 0.3) is 0 Å². The van der Waals surface area contributed by atoms with Gasteiger partial charge in [-0.05, 0) is 6.92 Å². The molecule has 1 fully saturated rings. The van der Waals surface area contributed by atoms with E-state index in [1.807, 2.05) is 0 Å². The molecule has 1 rings (SSSR count). The van der Waals surface area contributed by atoms with Crippen molar-refractivity contribution in [3.63, 3.8) is 0 Å². The first-order valence-corrected chi connectivity index (χ1v) is 2.61. The smallest absolute Gasteiger partial charge is 0.0675 e. The maximum Gasteiger partial charge on any atom is 0.0675 e. The van der Waals surface area contributed by atoms with E-state index in [4.69, 9.17) is 0 Å². The molecular weight excluding hydrogens is 90.1 g/mol. The number of hydrazine groups is 1. The summed E-state index contributed by atoms with van der Waals surface area (Å²) < 4.78 is 0. The Kier molecular flexibility index (Phi) is 1.62. The lowest BCUT2D eigenvalue weighted by molar-refractivity contribution is 0.337. The fourth-order valence-electron chi connectivity index (χ4n) is 0.627. The standard InChI is InChI=1S/C4H11N3/c1-4-5-2-3-6-7-4/h4-7H,2-3H2,1H3. The third kappa shape index (κ3) is 1.43. The Balaban J connectivity index is 2.12. The van der Waals surface area contributed by atoms with Crippen LogP contribution in [0.1, 0.15) is 6.92 Å². The van der Waals surface area contributed by atoms with Crippen LogP contribution in [0, 0.1) is 0 Å². The second-order valence-electron chi connectivity index (χ2n) is 1.75. The average Bonchev–Trinajstić information content (AvgIpc) is 1.69. The molecule has 1 atom stereocenters. The first-order valence-electron chi connectivity index (χ1n) is 2.61. The van der Waals surface area contributed by atoms with Crippen LogP contribution in [0.3, 0.4) is 0 Å². The zero-order chi connectivity index (χ0) is 5.11. The van der Waals surface area contributed by atoms with Gasteiger partial charge < -0.3 is 0 Å². The molecule has 3 nitrogen and oxygen atoms in total. The van der Waals surface area contributed by atoms with Gasteiger partial charge in [0.1, 0.15) is 0 Å². The van der Waals surface area contributed by atoms with Crippen molar-refractivity contribution in [2.45, 2.75) is 13.1 Å². The average molecular weight is 101 g/mol. The van der Waals surface area contributed by atoms with Gasteiger partial charge in [-0.15, -0.1) is 0 Å². The molecule has 0 bridgehead atoms. The molecule has 42 valence electrons. The molecule has 0 aromatic carbocycles. The van der Waals surface area contributed by atoms with Gasteiger partial charge in [-0.2, -0.15) is 0 Å². The zero-order valence-corrected chi connectivity index (χ0v) is 4.49. The van der Waals surface area contributed by atoms with Gasteiger partial charge in [-0.1, -0.05) is 0 Å². The number of hydrogen-bond acceptors (Lipinski definition) is 3. The molecule has 1 saturated heterocycles. The van der Waals surface area contributed by atoms with Crippen LogP contribution in [-0.2, 0) is 0 Å². The molecule has 1 heterocycles. The molecule has 0 amide bonds. The van der Waals surface area contributed by atoms with Gasteiger partial charge >= 0.3 is 0 Å². The molecule has 3 N–H and O–H groups in total. The van der Waals surface area contributed by atoms with Crippen LogP contribution >= 0.6 is 0 Å². The minimum Gasteiger partial charge on any atom is -0.300 e. The lowest BCUT2D eigenvalue weighted by atomic mass is 10.5. The highest BCUT2D eigenvalue weighted by atomic mass is 15.4. The predicted octanol–water partition coefficient (Wildman–Crippen LogP) is -0.970. The van der Waals surface area contributed by atoms with Gasteiger partial charge in [-0.3, -0.25) is 10.7 Å². The second kappa shape index (κ2) is 2.26. The third-order valence-corrected chi connectivity index (χ3v) is 1.02. The van der Waals surface area contributed by atoms with Crippen LogP contribution in [-0.4, -0.2) is 19.3 Å². The molecule has 0 radical (unpaired) electrons. The minimum absolute atomic E-state index is 0.425. The van der Waals surface area contributed by atoms with E-state index < -0.39 is 0 Å². The molecule has 7 heavy (non-hydrogen) atoms. The molecule has 0 aromatic heterocycles. The SMILES string of the molecule is CC1NCCNN1. The summed E-state index contributed by atoms with van der Waals surface area (Å²) >= 11 is 0. The van der Waals surface area contributed by atoms with Crippen LogP contribution in [0.15, 0.2) is 0 Å². The van der Waals surface area contributed by atoms with Gasteiger partial charge in [0.05, 0.1) is 6.17 Å². The van der Waals surface area contributed by atoms with Crippen molar-refractivity contribution in [3.8, 4) is 0 Å². The Morgan fingerprint density at radius 1 is 1.43 bits per heavy atom. The van der Waals surface area contributed by atoms with Crippen LogP contribution < -0.4 is 16.2 Å². The number of nitrogens with one attached hydrogen (secondary N) is 3. The van der Waals surface area contributed by atoms with Crippen molar-refractivity contribution in [2.24, 2.45) is 0 Å². The van der Waals surface area contributed by atoms with Crippen molar-refractivity contribution in [1.29, 1.82) is 0 Å². The summed E-state index contributed by atoms with van der Waals surface area (Å²) in [7, 11) is 0. The predicted molar refractivity (Wildman–Crippen MR) is 28.6 cm³/mol. The van der Waals surface area contributed by atoms with Crippen LogP contribution in [0.5, 0.6) is 0 Å². The second-order valence-corrected chi connectivity index (χ2v) is 1.75. The highest BCUT2D eigenvalue weighted by Crippen LogP contribution is 1.73. The number of rotatable bonds is 0. The quantitative estimate of drug-likeness (QED) is 0.367. The topological polar surface area (TPSA) is 36.1 Å². The van der Waals surface area contributed by atoms with E-state index in [0.717, 1.165) is 13.1 Å². The van der Waals surface area contributed by atoms with Crippen molar-refractivity contribution < 1.29 is 0 Å². The van der Waals surface area contributed by atoms with Crippen LogP contribution in [0.2, 0.25) is 0 Å². The van der Waals surface area contributed by atoms with E-state index in [-0.39, 0.29) is 0 Å². The highest BCUT2D eigenvalue weighted by molar-refractivity contribution is 4.60. The lowest BCUT2D eigenvalue weighted by Crippen LogP contribution is -2.55. The highest BCUT2D eigenvalue weighted by Gasteiger charge is 2.01. The summed E-state index contributed by atoms with van der Waals surface area (Å²) in [5, 5.41) is 3.21. The fraction of sp³-hybridized carbons (Fsp3) is 1.00. The molecule has 3 heteroatoms. The first-order chi connectivity index (χ1) is 3.39. The summed E-state index contributed by atoms with van der Waals surface area (Å²) in [5.41, 5.74) is 6.04. The van der Waals surface area contributed by atoms with Crippen molar-refractivity contribution >= 4 is 0 Å². The fourth-order valence-corrected chi connectivity index (χ4v) is 0.627. The number of hydrogen-bond donors (Lipinski definition) is 3. The largest absolute Gasteiger partial charge is 0.300 e. The van der Waals surface area contributed by atoms with Crippen molar-refractivity contribution in [1.82, 2.24) is 16.2 Å². The molecule has 1 aliphatic heterocycles. The van der Waals surface area contributed by atoms with Gasteiger partial charge in [-0.25, -0.2) is 5.43 Å².